The monoisotopic (exact) mass is 339 g/mol. The number of nitrogens with zero attached hydrogens (tertiary/aromatic N) is 1. The SMILES string of the molecule is CC(C)CCN(CCC(C)C)C(=O)c1cccc(S(C)(=O)=O)c1. The minimum absolute atomic E-state index is 0.0863. The number of carbonyl (C=O) groups is 1. The molecule has 130 valence electrons. The number of sulfone groups is 1. The Labute approximate surface area is 140 Å². The third-order valence-electron chi connectivity index (χ3n) is 3.75. The van der Waals surface area contributed by atoms with Gasteiger partial charge in [-0.1, -0.05) is 33.8 Å². The summed E-state index contributed by atoms with van der Waals surface area (Å²) in [5, 5.41) is 0. The third-order valence-corrected chi connectivity index (χ3v) is 4.86. The van der Waals surface area contributed by atoms with Crippen LogP contribution in [-0.2, 0) is 9.84 Å². The Balaban J connectivity index is 2.98. The van der Waals surface area contributed by atoms with Crippen molar-refractivity contribution in [2.45, 2.75) is 45.4 Å². The molecule has 0 unspecified atom stereocenters. The highest BCUT2D eigenvalue weighted by atomic mass is 32.2. The molecule has 1 aromatic carbocycles. The molecule has 0 spiro atoms. The highest BCUT2D eigenvalue weighted by molar-refractivity contribution is 7.90. The van der Waals surface area contributed by atoms with Crippen molar-refractivity contribution in [2.24, 2.45) is 11.8 Å². The summed E-state index contributed by atoms with van der Waals surface area (Å²) in [6, 6.07) is 6.33. The van der Waals surface area contributed by atoms with Gasteiger partial charge >= 0.3 is 0 Å². The Morgan fingerprint density at radius 1 is 1.04 bits per heavy atom. The molecule has 0 bridgehead atoms. The molecule has 0 atom stereocenters. The molecule has 0 saturated heterocycles. The number of carbonyl (C=O) groups excluding carboxylic acids is 1. The molecular formula is C18H29NO3S. The molecule has 0 aromatic heterocycles. The van der Waals surface area contributed by atoms with Gasteiger partial charge in [-0.15, -0.1) is 0 Å². The summed E-state index contributed by atoms with van der Waals surface area (Å²) < 4.78 is 23.4. The molecule has 0 saturated carbocycles. The first-order valence-corrected chi connectivity index (χ1v) is 10.1. The van der Waals surface area contributed by atoms with Crippen LogP contribution in [-0.4, -0.2) is 38.6 Å². The number of hydrogen-bond acceptors (Lipinski definition) is 3. The lowest BCUT2D eigenvalue weighted by Gasteiger charge is -2.25. The molecule has 1 aromatic rings. The predicted octanol–water partition coefficient (Wildman–Crippen LogP) is 3.62. The number of rotatable bonds is 8. The fraction of sp³-hybridized carbons (Fsp3) is 0.611. The number of benzene rings is 1. The first-order valence-electron chi connectivity index (χ1n) is 8.20. The zero-order valence-corrected chi connectivity index (χ0v) is 15.7. The maximum atomic E-state index is 12.8. The van der Waals surface area contributed by atoms with Gasteiger partial charge in [0.25, 0.3) is 5.91 Å². The van der Waals surface area contributed by atoms with Gasteiger partial charge in [0.05, 0.1) is 4.90 Å². The fourth-order valence-corrected chi connectivity index (χ4v) is 2.85. The molecule has 0 fully saturated rings. The van der Waals surface area contributed by atoms with Crippen molar-refractivity contribution < 1.29 is 13.2 Å². The lowest BCUT2D eigenvalue weighted by molar-refractivity contribution is 0.0740. The Kier molecular flexibility index (Phi) is 7.26. The Morgan fingerprint density at radius 2 is 1.57 bits per heavy atom. The second-order valence-electron chi connectivity index (χ2n) is 6.96. The van der Waals surface area contributed by atoms with Crippen LogP contribution < -0.4 is 0 Å². The van der Waals surface area contributed by atoms with E-state index in [9.17, 15) is 13.2 Å². The molecule has 0 heterocycles. The van der Waals surface area contributed by atoms with Gasteiger partial charge in [-0.25, -0.2) is 8.42 Å². The second kappa shape index (κ2) is 8.48. The zero-order chi connectivity index (χ0) is 17.6. The standard InChI is InChI=1S/C18H29NO3S/c1-14(2)9-11-19(12-10-15(3)4)18(20)16-7-6-8-17(13-16)23(5,21)22/h6-8,13-15H,9-12H2,1-5H3. The van der Waals surface area contributed by atoms with Crippen molar-refractivity contribution in [3.63, 3.8) is 0 Å². The highest BCUT2D eigenvalue weighted by Crippen LogP contribution is 2.15. The summed E-state index contributed by atoms with van der Waals surface area (Å²) in [6.45, 7) is 9.94. The van der Waals surface area contributed by atoms with Gasteiger partial charge in [0.1, 0.15) is 0 Å². The van der Waals surface area contributed by atoms with Gasteiger partial charge in [0, 0.05) is 24.9 Å². The average Bonchev–Trinajstić information content (AvgIpc) is 2.45. The van der Waals surface area contributed by atoms with Crippen LogP contribution in [0.3, 0.4) is 0 Å². The molecule has 0 N–H and O–H groups in total. The van der Waals surface area contributed by atoms with E-state index in [4.69, 9.17) is 0 Å². The van der Waals surface area contributed by atoms with E-state index < -0.39 is 9.84 Å². The van der Waals surface area contributed by atoms with Crippen molar-refractivity contribution in [3.05, 3.63) is 29.8 Å². The van der Waals surface area contributed by atoms with Crippen molar-refractivity contribution in [1.82, 2.24) is 4.90 Å². The van der Waals surface area contributed by atoms with Crippen LogP contribution in [0.25, 0.3) is 0 Å². The lowest BCUT2D eigenvalue weighted by Crippen LogP contribution is -2.34. The van der Waals surface area contributed by atoms with Gasteiger partial charge in [-0.3, -0.25) is 4.79 Å². The predicted molar refractivity (Wildman–Crippen MR) is 94.4 cm³/mol. The molecule has 0 aliphatic heterocycles. The maximum absolute atomic E-state index is 12.8. The molecule has 0 radical (unpaired) electrons. The van der Waals surface area contributed by atoms with E-state index in [0.29, 0.717) is 30.5 Å². The number of amides is 1. The average molecular weight is 340 g/mol. The molecule has 1 amide bonds. The van der Waals surface area contributed by atoms with E-state index in [1.807, 2.05) is 4.90 Å². The third kappa shape index (κ3) is 6.73. The smallest absolute Gasteiger partial charge is 0.253 e. The van der Waals surface area contributed by atoms with Crippen molar-refractivity contribution >= 4 is 15.7 Å². The van der Waals surface area contributed by atoms with E-state index in [-0.39, 0.29) is 10.8 Å². The van der Waals surface area contributed by atoms with Gasteiger partial charge in [-0.05, 0) is 42.9 Å². The van der Waals surface area contributed by atoms with Crippen molar-refractivity contribution in [2.75, 3.05) is 19.3 Å². The van der Waals surface area contributed by atoms with Crippen LogP contribution in [0.5, 0.6) is 0 Å². The maximum Gasteiger partial charge on any atom is 0.253 e. The van der Waals surface area contributed by atoms with Gasteiger partial charge < -0.3 is 4.90 Å². The first kappa shape index (κ1) is 19.7. The van der Waals surface area contributed by atoms with Crippen LogP contribution >= 0.6 is 0 Å². The van der Waals surface area contributed by atoms with Crippen LogP contribution in [0.2, 0.25) is 0 Å². The van der Waals surface area contributed by atoms with E-state index in [1.54, 1.807) is 12.1 Å². The van der Waals surface area contributed by atoms with E-state index in [2.05, 4.69) is 27.7 Å². The molecule has 0 aliphatic rings. The summed E-state index contributed by atoms with van der Waals surface area (Å²) in [6.07, 6.45) is 3.04. The Morgan fingerprint density at radius 3 is 2.00 bits per heavy atom. The fourth-order valence-electron chi connectivity index (χ4n) is 2.19. The minimum Gasteiger partial charge on any atom is -0.339 e. The normalized spacial score (nSPS) is 12.0. The van der Waals surface area contributed by atoms with Crippen LogP contribution in [0.15, 0.2) is 29.2 Å². The van der Waals surface area contributed by atoms with Crippen LogP contribution in [0.4, 0.5) is 0 Å². The summed E-state index contributed by atoms with van der Waals surface area (Å²) >= 11 is 0. The molecule has 1 rings (SSSR count). The molecular weight excluding hydrogens is 310 g/mol. The second-order valence-corrected chi connectivity index (χ2v) is 8.97. The molecule has 23 heavy (non-hydrogen) atoms. The van der Waals surface area contributed by atoms with E-state index >= 15 is 0 Å². The quantitative estimate of drug-likeness (QED) is 0.727. The number of hydrogen-bond donors (Lipinski definition) is 0. The molecule has 4 nitrogen and oxygen atoms in total. The van der Waals surface area contributed by atoms with Crippen molar-refractivity contribution in [3.8, 4) is 0 Å². The van der Waals surface area contributed by atoms with E-state index in [0.717, 1.165) is 19.1 Å². The van der Waals surface area contributed by atoms with Crippen molar-refractivity contribution in [1.29, 1.82) is 0 Å². The van der Waals surface area contributed by atoms with Gasteiger partial charge in [-0.2, -0.15) is 0 Å². The van der Waals surface area contributed by atoms with Crippen LogP contribution in [0.1, 0.15) is 50.9 Å². The van der Waals surface area contributed by atoms with Gasteiger partial charge in [0.15, 0.2) is 9.84 Å². The Bertz CT molecular complexity index is 609. The molecule has 0 aliphatic carbocycles. The summed E-state index contributed by atoms with van der Waals surface area (Å²) in [7, 11) is -3.31. The molecule has 5 heteroatoms. The minimum atomic E-state index is -3.31. The van der Waals surface area contributed by atoms with Gasteiger partial charge in [0.2, 0.25) is 0 Å². The Hall–Kier alpha value is -1.36. The lowest BCUT2D eigenvalue weighted by atomic mass is 10.1. The largest absolute Gasteiger partial charge is 0.339 e. The summed E-state index contributed by atoms with van der Waals surface area (Å²) in [5.41, 5.74) is 0.445. The first-order chi connectivity index (χ1) is 10.6. The van der Waals surface area contributed by atoms with E-state index in [1.165, 1.54) is 12.1 Å². The van der Waals surface area contributed by atoms with Crippen LogP contribution in [0, 0.1) is 11.8 Å². The topological polar surface area (TPSA) is 54.5 Å². The summed E-state index contributed by atoms with van der Waals surface area (Å²) in [5.74, 6) is 0.954. The highest BCUT2D eigenvalue weighted by Gasteiger charge is 2.18. The zero-order valence-electron chi connectivity index (χ0n) is 14.9. The summed E-state index contributed by atoms with van der Waals surface area (Å²) in [4.78, 5) is 14.8.